The molecule has 3 aromatic heterocycles. The van der Waals surface area contributed by atoms with E-state index < -0.39 is 5.91 Å². The average molecular weight is 567 g/mol. The maximum Gasteiger partial charge on any atom is 0.293 e. The van der Waals surface area contributed by atoms with Gasteiger partial charge in [-0.3, -0.25) is 10.1 Å². The molecule has 35 heavy (non-hydrogen) atoms. The Bertz CT molecular complexity index is 1550. The maximum absolute atomic E-state index is 12.6. The first-order valence-corrected chi connectivity index (χ1v) is 12.7. The molecule has 0 aliphatic heterocycles. The molecule has 0 saturated carbocycles. The quantitative estimate of drug-likeness (QED) is 0.256. The van der Waals surface area contributed by atoms with Gasteiger partial charge in [0, 0.05) is 27.7 Å². The largest absolute Gasteiger partial charge is 0.451 e. The summed E-state index contributed by atoms with van der Waals surface area (Å²) < 4.78 is 8.46. The van der Waals surface area contributed by atoms with Crippen LogP contribution in [0, 0.1) is 6.92 Å². The Kier molecular flexibility index (Phi) is 6.46. The number of nitrogens with one attached hydrogen (secondary N) is 2. The van der Waals surface area contributed by atoms with Gasteiger partial charge in [0.1, 0.15) is 10.8 Å². The monoisotopic (exact) mass is 566 g/mol. The number of aryl methyl sites for hydroxylation is 2. The molecular weight excluding hydrogens is 548 g/mol. The molecule has 11 heteroatoms. The summed E-state index contributed by atoms with van der Waals surface area (Å²) in [5.74, 6) is 1.18. The van der Waals surface area contributed by atoms with Gasteiger partial charge in [-0.2, -0.15) is 9.61 Å². The second kappa shape index (κ2) is 9.68. The van der Waals surface area contributed by atoms with Gasteiger partial charge in [-0.15, -0.1) is 10.2 Å². The van der Waals surface area contributed by atoms with Gasteiger partial charge in [0.05, 0.1) is 0 Å². The third kappa shape index (κ3) is 4.88. The molecule has 176 valence electrons. The lowest BCUT2D eigenvalue weighted by Crippen LogP contribution is -2.34. The number of carbonyl (C=O) groups is 1. The zero-order chi connectivity index (χ0) is 24.5. The zero-order valence-corrected chi connectivity index (χ0v) is 21.9. The molecule has 5 aromatic rings. The summed E-state index contributed by atoms with van der Waals surface area (Å²) in [6.45, 7) is 3.99. The third-order valence-electron chi connectivity index (χ3n) is 5.28. The van der Waals surface area contributed by atoms with Crippen molar-refractivity contribution in [3.05, 3.63) is 76.2 Å². The number of thiocarbonyl (C=S) groups is 1. The Morgan fingerprint density at radius 2 is 1.89 bits per heavy atom. The van der Waals surface area contributed by atoms with Crippen LogP contribution in [-0.2, 0) is 6.42 Å². The highest BCUT2D eigenvalue weighted by Crippen LogP contribution is 2.29. The number of hydrogen-bond acceptors (Lipinski definition) is 7. The van der Waals surface area contributed by atoms with Crippen molar-refractivity contribution in [2.75, 3.05) is 5.32 Å². The molecule has 0 atom stereocenters. The number of benzene rings is 2. The highest BCUT2D eigenvalue weighted by molar-refractivity contribution is 9.10. The van der Waals surface area contributed by atoms with Crippen molar-refractivity contribution in [3.8, 4) is 21.9 Å². The number of furan rings is 1. The highest BCUT2D eigenvalue weighted by Gasteiger charge is 2.16. The summed E-state index contributed by atoms with van der Waals surface area (Å²) in [7, 11) is 0. The van der Waals surface area contributed by atoms with Crippen LogP contribution in [0.2, 0.25) is 0 Å². The summed E-state index contributed by atoms with van der Waals surface area (Å²) in [6, 6.07) is 16.9. The van der Waals surface area contributed by atoms with Gasteiger partial charge in [0.25, 0.3) is 5.91 Å². The molecule has 2 aromatic carbocycles. The number of hydrogen-bond donors (Lipinski definition) is 2. The van der Waals surface area contributed by atoms with Crippen LogP contribution in [-0.4, -0.2) is 30.8 Å². The molecule has 0 aliphatic carbocycles. The fraction of sp³-hybridized carbons (Fsp3) is 0.125. The van der Waals surface area contributed by atoms with Crippen molar-refractivity contribution >= 4 is 61.2 Å². The van der Waals surface area contributed by atoms with E-state index in [1.807, 2.05) is 56.3 Å². The molecule has 0 unspecified atom stereocenters. The molecule has 0 saturated heterocycles. The Labute approximate surface area is 218 Å². The van der Waals surface area contributed by atoms with Crippen molar-refractivity contribution in [1.82, 2.24) is 25.1 Å². The fourth-order valence-corrected chi connectivity index (χ4v) is 4.80. The number of rotatable bonds is 5. The van der Waals surface area contributed by atoms with E-state index in [1.54, 1.807) is 16.6 Å². The van der Waals surface area contributed by atoms with Crippen LogP contribution >= 0.6 is 39.5 Å². The molecule has 0 aliphatic rings. The van der Waals surface area contributed by atoms with Crippen LogP contribution in [0.25, 0.3) is 26.9 Å². The van der Waals surface area contributed by atoms with Crippen molar-refractivity contribution in [2.24, 2.45) is 0 Å². The van der Waals surface area contributed by atoms with E-state index >= 15 is 0 Å². The highest BCUT2D eigenvalue weighted by atomic mass is 79.9. The van der Waals surface area contributed by atoms with Gasteiger partial charge in [-0.1, -0.05) is 46.3 Å². The first-order valence-electron chi connectivity index (χ1n) is 10.7. The minimum atomic E-state index is -0.424. The lowest BCUT2D eigenvalue weighted by Gasteiger charge is -2.12. The summed E-state index contributed by atoms with van der Waals surface area (Å²) in [5.41, 5.74) is 3.58. The van der Waals surface area contributed by atoms with Crippen LogP contribution in [0.3, 0.4) is 0 Å². The summed E-state index contributed by atoms with van der Waals surface area (Å²) in [6.07, 6.45) is 0.763. The second-order valence-electron chi connectivity index (χ2n) is 7.68. The molecule has 0 bridgehead atoms. The zero-order valence-electron chi connectivity index (χ0n) is 18.7. The van der Waals surface area contributed by atoms with Crippen LogP contribution in [0.4, 0.5) is 5.69 Å². The van der Waals surface area contributed by atoms with Crippen LogP contribution in [0.5, 0.6) is 0 Å². The van der Waals surface area contributed by atoms with Gasteiger partial charge in [0.15, 0.2) is 16.7 Å². The summed E-state index contributed by atoms with van der Waals surface area (Å²) >= 11 is 10.2. The van der Waals surface area contributed by atoms with E-state index in [0.717, 1.165) is 49.1 Å². The van der Waals surface area contributed by atoms with Crippen LogP contribution in [0.15, 0.2) is 63.5 Å². The van der Waals surface area contributed by atoms with Crippen molar-refractivity contribution in [3.63, 3.8) is 0 Å². The topological polar surface area (TPSA) is 97.3 Å². The van der Waals surface area contributed by atoms with Gasteiger partial charge in [-0.25, -0.2) is 0 Å². The van der Waals surface area contributed by atoms with Gasteiger partial charge < -0.3 is 9.73 Å². The first kappa shape index (κ1) is 23.3. The predicted octanol–water partition coefficient (Wildman–Crippen LogP) is 5.87. The Morgan fingerprint density at radius 1 is 1.11 bits per heavy atom. The van der Waals surface area contributed by atoms with Crippen LogP contribution in [0.1, 0.15) is 28.9 Å². The summed E-state index contributed by atoms with van der Waals surface area (Å²) in [4.78, 5) is 13.4. The van der Waals surface area contributed by atoms with Crippen molar-refractivity contribution in [2.45, 2.75) is 20.3 Å². The number of anilines is 1. The molecule has 8 nitrogen and oxygen atoms in total. The molecular formula is C24H19BrN6O2S2. The van der Waals surface area contributed by atoms with Gasteiger partial charge in [0.2, 0.25) is 4.96 Å². The Hall–Kier alpha value is -3.41. The molecule has 1 amide bonds. The third-order valence-corrected chi connectivity index (χ3v) is 6.96. The molecule has 0 fully saturated rings. The minimum absolute atomic E-state index is 0.175. The van der Waals surface area contributed by atoms with Gasteiger partial charge >= 0.3 is 0 Å². The van der Waals surface area contributed by atoms with Crippen molar-refractivity contribution in [1.29, 1.82) is 0 Å². The van der Waals surface area contributed by atoms with Gasteiger partial charge in [-0.05, 0) is 67.2 Å². The molecule has 0 spiro atoms. The molecule has 2 N–H and O–H groups in total. The van der Waals surface area contributed by atoms with E-state index in [0.29, 0.717) is 5.76 Å². The van der Waals surface area contributed by atoms with E-state index in [-0.39, 0.29) is 10.9 Å². The van der Waals surface area contributed by atoms with Crippen molar-refractivity contribution < 1.29 is 9.21 Å². The number of carbonyl (C=O) groups excluding carboxylic acids is 1. The number of amides is 1. The van der Waals surface area contributed by atoms with E-state index in [4.69, 9.17) is 16.6 Å². The van der Waals surface area contributed by atoms with E-state index in [1.165, 1.54) is 11.3 Å². The maximum atomic E-state index is 12.6. The standard InChI is InChI=1S/C24H19BrN6O2S2/c1-3-20-28-29-24-31(20)30-22(35-24)15-6-9-17(13(2)12-15)26-23(34)27-21(32)19-11-10-18(33-19)14-4-7-16(25)8-5-14/h4-12H,3H2,1-2H3,(H2,26,27,32,34). The Balaban J connectivity index is 1.25. The minimum Gasteiger partial charge on any atom is -0.451 e. The molecule has 5 rings (SSSR count). The number of nitrogens with zero attached hydrogens (tertiary/aromatic N) is 4. The number of fused-ring (bicyclic) bond motifs is 1. The van der Waals surface area contributed by atoms with E-state index in [9.17, 15) is 4.79 Å². The fourth-order valence-electron chi connectivity index (χ4n) is 3.48. The molecule has 3 heterocycles. The first-order chi connectivity index (χ1) is 16.9. The normalized spacial score (nSPS) is 11.1. The van der Waals surface area contributed by atoms with E-state index in [2.05, 4.69) is 41.9 Å². The lowest BCUT2D eigenvalue weighted by atomic mass is 10.1. The van der Waals surface area contributed by atoms with Crippen LogP contribution < -0.4 is 10.6 Å². The molecule has 0 radical (unpaired) electrons. The second-order valence-corrected chi connectivity index (χ2v) is 9.96. The SMILES string of the molecule is CCc1nnc2sc(-c3ccc(NC(=S)NC(=O)c4ccc(-c5ccc(Br)cc5)o4)c(C)c3)nn12. The smallest absolute Gasteiger partial charge is 0.293 e. The average Bonchev–Trinajstić information content (AvgIpc) is 3.57. The predicted molar refractivity (Wildman–Crippen MR) is 144 cm³/mol. The number of aromatic nitrogens is 4. The Morgan fingerprint density at radius 3 is 2.63 bits per heavy atom. The number of halogens is 1. The lowest BCUT2D eigenvalue weighted by molar-refractivity contribution is 0.0951. The summed E-state index contributed by atoms with van der Waals surface area (Å²) in [5, 5.41) is 19.7.